The van der Waals surface area contributed by atoms with Crippen LogP contribution in [0.4, 0.5) is 10.3 Å². The summed E-state index contributed by atoms with van der Waals surface area (Å²) in [5, 5.41) is 3.49. The molecule has 1 heterocycles. The number of nitrogens with zero attached hydrogens (tertiary/aromatic N) is 2. The zero-order valence-corrected chi connectivity index (χ0v) is 16.7. The normalized spacial score (nSPS) is 15.6. The summed E-state index contributed by atoms with van der Waals surface area (Å²) in [4.78, 5) is 16.5. The van der Waals surface area contributed by atoms with Gasteiger partial charge in [-0.1, -0.05) is 41.9 Å². The molecular formula is C22H21ClFN3O2. The van der Waals surface area contributed by atoms with Crippen LogP contribution in [0, 0.1) is 5.82 Å². The summed E-state index contributed by atoms with van der Waals surface area (Å²) in [7, 11) is 1.43. The number of anilines is 1. The van der Waals surface area contributed by atoms with E-state index in [1.54, 1.807) is 22.9 Å². The van der Waals surface area contributed by atoms with Gasteiger partial charge in [-0.2, -0.15) is 4.98 Å². The first-order chi connectivity index (χ1) is 14.0. The van der Waals surface area contributed by atoms with Crippen molar-refractivity contribution < 1.29 is 9.13 Å². The number of halogens is 2. The first-order valence-corrected chi connectivity index (χ1v) is 9.86. The van der Waals surface area contributed by atoms with Gasteiger partial charge in [-0.25, -0.2) is 4.39 Å². The van der Waals surface area contributed by atoms with E-state index < -0.39 is 11.4 Å². The highest BCUT2D eigenvalue weighted by atomic mass is 35.5. The van der Waals surface area contributed by atoms with Gasteiger partial charge in [0.1, 0.15) is 5.82 Å². The van der Waals surface area contributed by atoms with E-state index in [4.69, 9.17) is 16.3 Å². The molecule has 0 unspecified atom stereocenters. The maximum Gasteiger partial charge on any atom is 0.316 e. The summed E-state index contributed by atoms with van der Waals surface area (Å²) < 4.78 is 20.5. The van der Waals surface area contributed by atoms with E-state index in [-0.39, 0.29) is 16.8 Å². The van der Waals surface area contributed by atoms with E-state index in [2.05, 4.69) is 22.4 Å². The number of nitrogens with one attached hydrogen (secondary N) is 1. The fourth-order valence-electron chi connectivity index (χ4n) is 3.74. The molecule has 0 amide bonds. The van der Waals surface area contributed by atoms with Crippen LogP contribution in [-0.2, 0) is 13.0 Å². The van der Waals surface area contributed by atoms with Crippen LogP contribution in [-0.4, -0.2) is 16.7 Å². The minimum absolute atomic E-state index is 0.0548. The standard InChI is InChI=1S/C22H21ClFN3O2/c1-29-20-13-27(12-14-9-10-18(24)17(23)11-14)22(26-21(20)28)25-19-8-4-6-15-5-2-3-7-16(15)19/h2-3,5,7,9-11,13,19H,4,6,8,12H2,1H3,(H,25,26,28)/t19-/m1/s1. The lowest BCUT2D eigenvalue weighted by Gasteiger charge is -2.28. The maximum atomic E-state index is 13.5. The third kappa shape index (κ3) is 4.12. The number of hydrogen-bond donors (Lipinski definition) is 1. The zero-order chi connectivity index (χ0) is 20.4. The summed E-state index contributed by atoms with van der Waals surface area (Å²) in [5.74, 6) is 0.119. The molecule has 1 aromatic heterocycles. The predicted octanol–water partition coefficient (Wildman–Crippen LogP) is 4.58. The minimum Gasteiger partial charge on any atom is -0.490 e. The van der Waals surface area contributed by atoms with Crippen LogP contribution in [0.15, 0.2) is 53.5 Å². The Kier molecular flexibility index (Phi) is 5.53. The molecule has 0 fully saturated rings. The number of aryl methyl sites for hydroxylation is 1. The first-order valence-electron chi connectivity index (χ1n) is 9.49. The number of benzene rings is 2. The molecule has 150 valence electrons. The molecule has 2 aromatic carbocycles. The van der Waals surface area contributed by atoms with Gasteiger partial charge in [0, 0.05) is 0 Å². The van der Waals surface area contributed by atoms with E-state index in [1.807, 2.05) is 12.1 Å². The lowest BCUT2D eigenvalue weighted by molar-refractivity contribution is 0.402. The van der Waals surface area contributed by atoms with Gasteiger partial charge < -0.3 is 14.6 Å². The summed E-state index contributed by atoms with van der Waals surface area (Å²) in [6.07, 6.45) is 4.67. The van der Waals surface area contributed by atoms with Crippen LogP contribution in [0.3, 0.4) is 0 Å². The molecule has 0 saturated heterocycles. The van der Waals surface area contributed by atoms with E-state index in [0.29, 0.717) is 12.5 Å². The van der Waals surface area contributed by atoms with Crippen LogP contribution < -0.4 is 15.6 Å². The SMILES string of the molecule is COc1cn(Cc2ccc(F)c(Cl)c2)c(N[C@@H]2CCCc3ccccc32)nc1=O. The van der Waals surface area contributed by atoms with Crippen LogP contribution in [0.2, 0.25) is 5.02 Å². The van der Waals surface area contributed by atoms with E-state index in [1.165, 1.54) is 24.3 Å². The van der Waals surface area contributed by atoms with E-state index >= 15 is 0 Å². The second-order valence-electron chi connectivity index (χ2n) is 7.10. The predicted molar refractivity (Wildman–Crippen MR) is 111 cm³/mol. The van der Waals surface area contributed by atoms with Gasteiger partial charge in [-0.15, -0.1) is 0 Å². The molecule has 0 radical (unpaired) electrons. The molecular weight excluding hydrogens is 393 g/mol. The molecule has 0 bridgehead atoms. The quantitative estimate of drug-likeness (QED) is 0.665. The highest BCUT2D eigenvalue weighted by Gasteiger charge is 2.21. The fraction of sp³-hybridized carbons (Fsp3) is 0.273. The van der Waals surface area contributed by atoms with Crippen molar-refractivity contribution in [2.24, 2.45) is 0 Å². The molecule has 0 spiro atoms. The van der Waals surface area contributed by atoms with Crippen molar-refractivity contribution in [2.75, 3.05) is 12.4 Å². The average molecular weight is 414 g/mol. The summed E-state index contributed by atoms with van der Waals surface area (Å²) in [6.45, 7) is 0.361. The Bertz CT molecular complexity index is 1100. The molecule has 1 aliphatic carbocycles. The van der Waals surface area contributed by atoms with E-state index in [0.717, 1.165) is 24.8 Å². The second kappa shape index (κ2) is 8.25. The van der Waals surface area contributed by atoms with Crippen LogP contribution in [0.1, 0.15) is 35.6 Å². The van der Waals surface area contributed by atoms with Crippen molar-refractivity contribution in [2.45, 2.75) is 31.8 Å². The molecule has 29 heavy (non-hydrogen) atoms. The Balaban J connectivity index is 1.70. The summed E-state index contributed by atoms with van der Waals surface area (Å²) >= 11 is 5.93. The fourth-order valence-corrected chi connectivity index (χ4v) is 3.95. The third-order valence-electron chi connectivity index (χ3n) is 5.19. The maximum absolute atomic E-state index is 13.5. The van der Waals surface area contributed by atoms with Gasteiger partial charge in [0.15, 0.2) is 0 Å². The van der Waals surface area contributed by atoms with E-state index in [9.17, 15) is 9.18 Å². The van der Waals surface area contributed by atoms with Gasteiger partial charge in [0.25, 0.3) is 0 Å². The molecule has 0 aliphatic heterocycles. The number of rotatable bonds is 5. The van der Waals surface area contributed by atoms with Crippen molar-refractivity contribution in [1.29, 1.82) is 0 Å². The first kappa shape index (κ1) is 19.5. The Morgan fingerprint density at radius 2 is 2.14 bits per heavy atom. The molecule has 5 nitrogen and oxygen atoms in total. The van der Waals surface area contributed by atoms with Gasteiger partial charge in [-0.3, -0.25) is 4.79 Å². The number of methoxy groups -OCH3 is 1. The smallest absolute Gasteiger partial charge is 0.316 e. The van der Waals surface area contributed by atoms with Crippen molar-refractivity contribution in [3.05, 3.63) is 86.5 Å². The number of ether oxygens (including phenoxy) is 1. The number of hydrogen-bond acceptors (Lipinski definition) is 4. The Morgan fingerprint density at radius 1 is 1.31 bits per heavy atom. The van der Waals surface area contributed by atoms with Gasteiger partial charge in [-0.05, 0) is 48.1 Å². The molecule has 4 rings (SSSR count). The van der Waals surface area contributed by atoms with Crippen molar-refractivity contribution in [3.63, 3.8) is 0 Å². The third-order valence-corrected chi connectivity index (χ3v) is 5.48. The highest BCUT2D eigenvalue weighted by Crippen LogP contribution is 2.32. The van der Waals surface area contributed by atoms with Gasteiger partial charge in [0.05, 0.1) is 30.9 Å². The molecule has 0 saturated carbocycles. The number of aromatic nitrogens is 2. The molecule has 1 aliphatic rings. The monoisotopic (exact) mass is 413 g/mol. The largest absolute Gasteiger partial charge is 0.490 e. The van der Waals surface area contributed by atoms with Crippen LogP contribution in [0.5, 0.6) is 5.75 Å². The highest BCUT2D eigenvalue weighted by molar-refractivity contribution is 6.30. The van der Waals surface area contributed by atoms with Crippen LogP contribution in [0.25, 0.3) is 0 Å². The zero-order valence-electron chi connectivity index (χ0n) is 16.0. The lowest BCUT2D eigenvalue weighted by Crippen LogP contribution is -2.24. The Hall–Kier alpha value is -2.86. The summed E-state index contributed by atoms with van der Waals surface area (Å²) in [6, 6.07) is 12.9. The molecule has 1 N–H and O–H groups in total. The molecule has 3 aromatic rings. The minimum atomic E-state index is -0.469. The Morgan fingerprint density at radius 3 is 2.93 bits per heavy atom. The Labute approximate surface area is 173 Å². The molecule has 7 heteroatoms. The van der Waals surface area contributed by atoms with Gasteiger partial charge in [0.2, 0.25) is 11.7 Å². The summed E-state index contributed by atoms with van der Waals surface area (Å²) in [5.41, 5.74) is 2.88. The average Bonchev–Trinajstić information content (AvgIpc) is 2.73. The number of fused-ring (bicyclic) bond motifs is 1. The lowest BCUT2D eigenvalue weighted by atomic mass is 9.88. The van der Waals surface area contributed by atoms with Crippen molar-refractivity contribution in [1.82, 2.24) is 9.55 Å². The second-order valence-corrected chi connectivity index (χ2v) is 7.51. The van der Waals surface area contributed by atoms with Gasteiger partial charge >= 0.3 is 5.56 Å². The van der Waals surface area contributed by atoms with Crippen LogP contribution >= 0.6 is 11.6 Å². The molecule has 1 atom stereocenters. The topological polar surface area (TPSA) is 56.1 Å². The van der Waals surface area contributed by atoms with Crippen molar-refractivity contribution in [3.8, 4) is 5.75 Å². The van der Waals surface area contributed by atoms with Crippen molar-refractivity contribution >= 4 is 17.5 Å².